The molecule has 152 valence electrons. The molecule has 7 heteroatoms. The van der Waals surface area contributed by atoms with Crippen LogP contribution in [0.5, 0.6) is 0 Å². The zero-order valence-corrected chi connectivity index (χ0v) is 16.9. The lowest BCUT2D eigenvalue weighted by Gasteiger charge is -2.32. The number of aliphatic hydroxyl groups excluding tert-OH is 1. The van der Waals surface area contributed by atoms with Crippen molar-refractivity contribution in [3.05, 3.63) is 59.9 Å². The number of nitrogens with one attached hydrogen (secondary N) is 1. The number of rotatable bonds is 5. The number of benzene rings is 1. The van der Waals surface area contributed by atoms with Gasteiger partial charge in [0, 0.05) is 36.7 Å². The van der Waals surface area contributed by atoms with Crippen molar-refractivity contribution < 1.29 is 5.11 Å². The topological polar surface area (TPSA) is 98.0 Å². The monoisotopic (exact) mass is 400 g/mol. The van der Waals surface area contributed by atoms with Gasteiger partial charge in [0.05, 0.1) is 17.4 Å². The summed E-state index contributed by atoms with van der Waals surface area (Å²) in [6, 6.07) is 15.6. The van der Waals surface area contributed by atoms with Crippen molar-refractivity contribution in [1.82, 2.24) is 15.0 Å². The third kappa shape index (κ3) is 4.39. The average molecular weight is 400 g/mol. The van der Waals surface area contributed by atoms with Gasteiger partial charge in [0.25, 0.3) is 0 Å². The van der Waals surface area contributed by atoms with Crippen molar-refractivity contribution in [2.75, 3.05) is 23.3 Å². The van der Waals surface area contributed by atoms with Gasteiger partial charge in [-0.3, -0.25) is 4.98 Å². The van der Waals surface area contributed by atoms with Gasteiger partial charge in [0.1, 0.15) is 17.6 Å². The molecule has 0 saturated carbocycles. The summed E-state index contributed by atoms with van der Waals surface area (Å²) in [4.78, 5) is 15.7. The highest BCUT2D eigenvalue weighted by molar-refractivity contribution is 5.69. The Morgan fingerprint density at radius 1 is 1.17 bits per heavy atom. The molecule has 1 aromatic carbocycles. The first-order valence-electron chi connectivity index (χ1n) is 10.2. The standard InChI is InChI=1S/C23H24N6O/c1-2-17-14-22(28-23(27-17)20-5-3-4-10-25-20)26-18-6-7-21(16(13-18)15-24)29-11-8-19(30)9-12-29/h3-7,10,13-14,19,30H,2,8-9,11-12H2,1H3,(H,26,27,28). The molecule has 2 aromatic heterocycles. The van der Waals surface area contributed by atoms with Gasteiger partial charge in [0.2, 0.25) is 0 Å². The number of hydrogen-bond donors (Lipinski definition) is 2. The predicted molar refractivity (Wildman–Crippen MR) is 117 cm³/mol. The van der Waals surface area contributed by atoms with Gasteiger partial charge in [0.15, 0.2) is 5.82 Å². The number of pyridine rings is 1. The summed E-state index contributed by atoms with van der Waals surface area (Å²) >= 11 is 0. The Labute approximate surface area is 176 Å². The Bertz CT molecular complexity index is 1060. The van der Waals surface area contributed by atoms with Crippen LogP contribution >= 0.6 is 0 Å². The van der Waals surface area contributed by atoms with Crippen LogP contribution in [0.2, 0.25) is 0 Å². The summed E-state index contributed by atoms with van der Waals surface area (Å²) in [6.07, 6.45) is 3.71. The first-order valence-corrected chi connectivity index (χ1v) is 10.2. The summed E-state index contributed by atoms with van der Waals surface area (Å²) in [6.45, 7) is 3.55. The zero-order valence-electron chi connectivity index (χ0n) is 16.9. The van der Waals surface area contributed by atoms with Crippen LogP contribution in [0.3, 0.4) is 0 Å². The molecule has 1 aliphatic heterocycles. The Morgan fingerprint density at radius 3 is 2.70 bits per heavy atom. The predicted octanol–water partition coefficient (Wildman–Crippen LogP) is 3.68. The van der Waals surface area contributed by atoms with E-state index >= 15 is 0 Å². The highest BCUT2D eigenvalue weighted by Gasteiger charge is 2.19. The van der Waals surface area contributed by atoms with E-state index in [1.807, 2.05) is 49.4 Å². The van der Waals surface area contributed by atoms with Gasteiger partial charge in [-0.05, 0) is 49.6 Å². The highest BCUT2D eigenvalue weighted by atomic mass is 16.3. The number of nitriles is 1. The van der Waals surface area contributed by atoms with E-state index in [-0.39, 0.29) is 6.10 Å². The fraction of sp³-hybridized carbons (Fsp3) is 0.304. The summed E-state index contributed by atoms with van der Waals surface area (Å²) in [5.74, 6) is 1.24. The van der Waals surface area contributed by atoms with E-state index in [2.05, 4.69) is 31.2 Å². The van der Waals surface area contributed by atoms with E-state index in [4.69, 9.17) is 0 Å². The van der Waals surface area contributed by atoms with Gasteiger partial charge in [-0.1, -0.05) is 13.0 Å². The Kier molecular flexibility index (Phi) is 5.87. The Balaban J connectivity index is 1.60. The molecule has 0 aliphatic carbocycles. The second-order valence-corrected chi connectivity index (χ2v) is 7.32. The van der Waals surface area contributed by atoms with Crippen molar-refractivity contribution in [3.63, 3.8) is 0 Å². The molecule has 30 heavy (non-hydrogen) atoms. The van der Waals surface area contributed by atoms with Crippen LogP contribution in [0.25, 0.3) is 11.5 Å². The minimum absolute atomic E-state index is 0.244. The van der Waals surface area contributed by atoms with Crippen molar-refractivity contribution in [1.29, 1.82) is 5.26 Å². The molecule has 7 nitrogen and oxygen atoms in total. The average Bonchev–Trinajstić information content (AvgIpc) is 2.80. The van der Waals surface area contributed by atoms with Gasteiger partial charge in [-0.2, -0.15) is 5.26 Å². The quantitative estimate of drug-likeness (QED) is 0.674. The van der Waals surface area contributed by atoms with E-state index in [1.165, 1.54) is 0 Å². The third-order valence-electron chi connectivity index (χ3n) is 5.23. The smallest absolute Gasteiger partial charge is 0.180 e. The van der Waals surface area contributed by atoms with Gasteiger partial charge in [-0.25, -0.2) is 9.97 Å². The number of piperidine rings is 1. The molecule has 3 heterocycles. The number of anilines is 3. The first kappa shape index (κ1) is 19.8. The minimum Gasteiger partial charge on any atom is -0.393 e. The van der Waals surface area contributed by atoms with Crippen LogP contribution in [-0.2, 0) is 6.42 Å². The van der Waals surface area contributed by atoms with Crippen LogP contribution in [0, 0.1) is 11.3 Å². The second-order valence-electron chi connectivity index (χ2n) is 7.32. The number of aliphatic hydroxyl groups is 1. The van der Waals surface area contributed by atoms with Crippen LogP contribution < -0.4 is 10.2 Å². The van der Waals surface area contributed by atoms with Crippen LogP contribution in [0.15, 0.2) is 48.7 Å². The van der Waals surface area contributed by atoms with Gasteiger partial charge < -0.3 is 15.3 Å². The molecule has 4 rings (SSSR count). The van der Waals surface area contributed by atoms with Crippen LogP contribution in [0.4, 0.5) is 17.2 Å². The lowest BCUT2D eigenvalue weighted by Crippen LogP contribution is -2.36. The molecule has 0 amide bonds. The number of hydrogen-bond acceptors (Lipinski definition) is 7. The molecule has 0 spiro atoms. The lowest BCUT2D eigenvalue weighted by molar-refractivity contribution is 0.145. The molecule has 1 aliphatic rings. The molecule has 1 fully saturated rings. The Hall–Kier alpha value is -3.50. The minimum atomic E-state index is -0.244. The third-order valence-corrected chi connectivity index (χ3v) is 5.23. The zero-order chi connectivity index (χ0) is 20.9. The molecule has 0 atom stereocenters. The van der Waals surface area contributed by atoms with Crippen molar-refractivity contribution in [2.45, 2.75) is 32.3 Å². The van der Waals surface area contributed by atoms with E-state index in [0.717, 1.165) is 55.1 Å². The summed E-state index contributed by atoms with van der Waals surface area (Å²) in [5, 5.41) is 22.7. The molecular formula is C23H24N6O. The van der Waals surface area contributed by atoms with Crippen molar-refractivity contribution >= 4 is 17.2 Å². The van der Waals surface area contributed by atoms with Gasteiger partial charge >= 0.3 is 0 Å². The second kappa shape index (κ2) is 8.89. The van der Waals surface area contributed by atoms with E-state index < -0.39 is 0 Å². The highest BCUT2D eigenvalue weighted by Crippen LogP contribution is 2.28. The van der Waals surface area contributed by atoms with Crippen LogP contribution in [0.1, 0.15) is 31.0 Å². The van der Waals surface area contributed by atoms with E-state index in [1.54, 1.807) is 6.20 Å². The van der Waals surface area contributed by atoms with E-state index in [9.17, 15) is 10.4 Å². The number of aromatic nitrogens is 3. The maximum atomic E-state index is 9.74. The summed E-state index contributed by atoms with van der Waals surface area (Å²) in [7, 11) is 0. The molecule has 0 radical (unpaired) electrons. The van der Waals surface area contributed by atoms with E-state index in [0.29, 0.717) is 17.2 Å². The Morgan fingerprint density at radius 2 is 2.00 bits per heavy atom. The summed E-state index contributed by atoms with van der Waals surface area (Å²) < 4.78 is 0. The first-order chi connectivity index (χ1) is 14.7. The molecule has 0 unspecified atom stereocenters. The lowest BCUT2D eigenvalue weighted by atomic mass is 10.0. The largest absolute Gasteiger partial charge is 0.393 e. The number of nitrogens with zero attached hydrogens (tertiary/aromatic N) is 5. The molecule has 1 saturated heterocycles. The maximum absolute atomic E-state index is 9.74. The fourth-order valence-corrected chi connectivity index (χ4v) is 3.59. The number of aryl methyl sites for hydroxylation is 1. The molecule has 0 bridgehead atoms. The fourth-order valence-electron chi connectivity index (χ4n) is 3.59. The normalized spacial score (nSPS) is 14.4. The molecule has 2 N–H and O–H groups in total. The maximum Gasteiger partial charge on any atom is 0.180 e. The summed E-state index contributed by atoms with van der Waals surface area (Å²) in [5.41, 5.74) is 3.93. The SMILES string of the molecule is CCc1cc(Nc2ccc(N3CCC(O)CC3)c(C#N)c2)nc(-c2ccccn2)n1. The van der Waals surface area contributed by atoms with Gasteiger partial charge in [-0.15, -0.1) is 0 Å². The molecule has 3 aromatic rings. The van der Waals surface area contributed by atoms with Crippen molar-refractivity contribution in [3.8, 4) is 17.6 Å². The van der Waals surface area contributed by atoms with Crippen LogP contribution in [-0.4, -0.2) is 39.3 Å². The van der Waals surface area contributed by atoms with Crippen molar-refractivity contribution in [2.24, 2.45) is 0 Å². The molecular weight excluding hydrogens is 376 g/mol.